The van der Waals surface area contributed by atoms with Gasteiger partial charge in [-0.15, -0.1) is 11.3 Å². The molecule has 1 aromatic heterocycles. The van der Waals surface area contributed by atoms with E-state index < -0.39 is 0 Å². The minimum atomic E-state index is 0.509. The molecule has 2 unspecified atom stereocenters. The van der Waals surface area contributed by atoms with Gasteiger partial charge in [-0.05, 0) is 64.9 Å². The topological polar surface area (TPSA) is 15.3 Å². The van der Waals surface area contributed by atoms with E-state index in [0.717, 1.165) is 10.9 Å². The lowest BCUT2D eigenvalue weighted by molar-refractivity contribution is 0.339. The third-order valence-electron chi connectivity index (χ3n) is 3.58. The maximum absolute atomic E-state index is 6.14. The van der Waals surface area contributed by atoms with Gasteiger partial charge in [0.2, 0.25) is 0 Å². The first-order chi connectivity index (χ1) is 8.56. The molecule has 2 atom stereocenters. The van der Waals surface area contributed by atoms with Crippen LogP contribution < -0.4 is 5.32 Å². The van der Waals surface area contributed by atoms with Crippen LogP contribution in [0.3, 0.4) is 0 Å². The minimum Gasteiger partial charge on any atom is -0.309 e. The van der Waals surface area contributed by atoms with Crippen LogP contribution in [0.15, 0.2) is 6.07 Å². The predicted molar refractivity (Wildman–Crippen MR) is 80.8 cm³/mol. The second kappa shape index (κ2) is 6.38. The van der Waals surface area contributed by atoms with E-state index in [0.29, 0.717) is 12.1 Å². The Morgan fingerprint density at radius 1 is 1.56 bits per heavy atom. The van der Waals surface area contributed by atoms with Crippen LogP contribution in [0.4, 0.5) is 0 Å². The van der Waals surface area contributed by atoms with Crippen molar-refractivity contribution in [1.82, 2.24) is 10.2 Å². The zero-order chi connectivity index (χ0) is 13.1. The van der Waals surface area contributed by atoms with E-state index in [1.165, 1.54) is 36.1 Å². The summed E-state index contributed by atoms with van der Waals surface area (Å²) in [6, 6.07) is 3.23. The van der Waals surface area contributed by atoms with Crippen molar-refractivity contribution in [3.63, 3.8) is 0 Å². The normalized spacial score (nSPS) is 21.1. The highest BCUT2D eigenvalue weighted by Crippen LogP contribution is 2.38. The molecule has 0 amide bonds. The van der Waals surface area contributed by atoms with Crippen molar-refractivity contribution in [3.8, 4) is 0 Å². The van der Waals surface area contributed by atoms with Crippen LogP contribution in [0.2, 0.25) is 4.34 Å². The van der Waals surface area contributed by atoms with E-state index in [1.54, 1.807) is 11.3 Å². The molecule has 1 aliphatic carbocycles. The standard InChI is InChI=1S/C14H23ClN2S/c1-10(7-8-17(2)3)16-12-5-4-6-13-11(12)9-14(15)18-13/h9-10,12,16H,4-8H2,1-3H3. The van der Waals surface area contributed by atoms with E-state index in [-0.39, 0.29) is 0 Å². The van der Waals surface area contributed by atoms with Crippen molar-refractivity contribution in [3.05, 3.63) is 20.8 Å². The Morgan fingerprint density at radius 3 is 3.06 bits per heavy atom. The molecule has 0 aliphatic heterocycles. The molecule has 2 rings (SSSR count). The summed E-state index contributed by atoms with van der Waals surface area (Å²) >= 11 is 7.90. The fourth-order valence-corrected chi connectivity index (χ4v) is 3.96. The van der Waals surface area contributed by atoms with Crippen LogP contribution in [-0.2, 0) is 6.42 Å². The number of fused-ring (bicyclic) bond motifs is 1. The van der Waals surface area contributed by atoms with Crippen LogP contribution in [0.1, 0.15) is 42.7 Å². The molecule has 1 heterocycles. The Bertz CT molecular complexity index is 389. The molecule has 0 radical (unpaired) electrons. The molecular formula is C14H23ClN2S. The number of hydrogen-bond donors (Lipinski definition) is 1. The maximum Gasteiger partial charge on any atom is 0.0934 e. The number of halogens is 1. The average Bonchev–Trinajstić information content (AvgIpc) is 2.68. The highest BCUT2D eigenvalue weighted by molar-refractivity contribution is 7.16. The first kappa shape index (κ1) is 14.3. The first-order valence-corrected chi connectivity index (χ1v) is 7.94. The molecule has 1 N–H and O–H groups in total. The summed E-state index contributed by atoms with van der Waals surface area (Å²) in [4.78, 5) is 3.73. The Hall–Kier alpha value is -0.0900. The number of hydrogen-bond acceptors (Lipinski definition) is 3. The summed E-state index contributed by atoms with van der Waals surface area (Å²) in [7, 11) is 4.26. The molecule has 0 saturated carbocycles. The summed E-state index contributed by atoms with van der Waals surface area (Å²) < 4.78 is 0.939. The summed E-state index contributed by atoms with van der Waals surface area (Å²) in [6.07, 6.45) is 4.92. The molecule has 18 heavy (non-hydrogen) atoms. The van der Waals surface area contributed by atoms with Crippen molar-refractivity contribution in [2.24, 2.45) is 0 Å². The van der Waals surface area contributed by atoms with Crippen molar-refractivity contribution >= 4 is 22.9 Å². The predicted octanol–water partition coefficient (Wildman–Crippen LogP) is 3.71. The number of nitrogens with one attached hydrogen (secondary N) is 1. The Balaban J connectivity index is 1.94. The van der Waals surface area contributed by atoms with E-state index in [9.17, 15) is 0 Å². The van der Waals surface area contributed by atoms with Crippen LogP contribution in [0.25, 0.3) is 0 Å². The molecule has 0 aromatic carbocycles. The van der Waals surface area contributed by atoms with Gasteiger partial charge in [-0.1, -0.05) is 11.6 Å². The van der Waals surface area contributed by atoms with Crippen molar-refractivity contribution in [1.29, 1.82) is 0 Å². The summed E-state index contributed by atoms with van der Waals surface area (Å²) in [5.74, 6) is 0. The van der Waals surface area contributed by atoms with Gasteiger partial charge in [0.05, 0.1) is 4.34 Å². The van der Waals surface area contributed by atoms with Crippen LogP contribution in [0, 0.1) is 0 Å². The lowest BCUT2D eigenvalue weighted by Gasteiger charge is -2.27. The highest BCUT2D eigenvalue weighted by Gasteiger charge is 2.23. The van der Waals surface area contributed by atoms with Crippen molar-refractivity contribution in [2.45, 2.75) is 44.7 Å². The Kier molecular flexibility index (Phi) is 5.07. The summed E-state index contributed by atoms with van der Waals surface area (Å²) in [6.45, 7) is 3.42. The molecule has 102 valence electrons. The largest absolute Gasteiger partial charge is 0.309 e. The first-order valence-electron chi connectivity index (χ1n) is 6.75. The number of thiophene rings is 1. The average molecular weight is 287 g/mol. The molecule has 2 nitrogen and oxygen atoms in total. The Morgan fingerprint density at radius 2 is 2.33 bits per heavy atom. The highest BCUT2D eigenvalue weighted by atomic mass is 35.5. The van der Waals surface area contributed by atoms with Crippen molar-refractivity contribution in [2.75, 3.05) is 20.6 Å². The van der Waals surface area contributed by atoms with Gasteiger partial charge in [0.25, 0.3) is 0 Å². The van der Waals surface area contributed by atoms with Crippen LogP contribution in [-0.4, -0.2) is 31.6 Å². The van der Waals surface area contributed by atoms with Gasteiger partial charge in [-0.2, -0.15) is 0 Å². The van der Waals surface area contributed by atoms with Gasteiger partial charge in [0, 0.05) is 17.0 Å². The van der Waals surface area contributed by atoms with Gasteiger partial charge >= 0.3 is 0 Å². The van der Waals surface area contributed by atoms with Crippen LogP contribution in [0.5, 0.6) is 0 Å². The smallest absolute Gasteiger partial charge is 0.0934 e. The summed E-state index contributed by atoms with van der Waals surface area (Å²) in [5.41, 5.74) is 1.45. The molecule has 0 spiro atoms. The molecular weight excluding hydrogens is 264 g/mol. The summed E-state index contributed by atoms with van der Waals surface area (Å²) in [5, 5.41) is 3.77. The lowest BCUT2D eigenvalue weighted by atomic mass is 9.93. The van der Waals surface area contributed by atoms with Gasteiger partial charge in [0.1, 0.15) is 0 Å². The monoisotopic (exact) mass is 286 g/mol. The number of nitrogens with zero attached hydrogens (tertiary/aromatic N) is 1. The zero-order valence-corrected chi connectivity index (χ0v) is 13.1. The fourth-order valence-electron chi connectivity index (χ4n) is 2.57. The quantitative estimate of drug-likeness (QED) is 0.888. The third kappa shape index (κ3) is 3.70. The van der Waals surface area contributed by atoms with Gasteiger partial charge in [-0.3, -0.25) is 0 Å². The number of aryl methyl sites for hydroxylation is 1. The van der Waals surface area contributed by atoms with E-state index >= 15 is 0 Å². The second-order valence-corrected chi connectivity index (χ2v) is 7.30. The third-order valence-corrected chi connectivity index (χ3v) is 4.92. The van der Waals surface area contributed by atoms with Gasteiger partial charge < -0.3 is 10.2 Å². The molecule has 0 saturated heterocycles. The van der Waals surface area contributed by atoms with Crippen LogP contribution >= 0.6 is 22.9 Å². The second-order valence-electron chi connectivity index (χ2n) is 5.53. The maximum atomic E-state index is 6.14. The van der Waals surface area contributed by atoms with E-state index in [1.807, 2.05) is 0 Å². The SMILES string of the molecule is CC(CCN(C)C)NC1CCCc2sc(Cl)cc21. The fraction of sp³-hybridized carbons (Fsp3) is 0.714. The molecule has 1 aliphatic rings. The van der Waals surface area contributed by atoms with E-state index in [4.69, 9.17) is 11.6 Å². The van der Waals surface area contributed by atoms with Gasteiger partial charge in [0.15, 0.2) is 0 Å². The molecule has 0 fully saturated rings. The van der Waals surface area contributed by atoms with Gasteiger partial charge in [-0.25, -0.2) is 0 Å². The Labute approximate surface area is 119 Å². The number of rotatable bonds is 5. The molecule has 4 heteroatoms. The molecule has 0 bridgehead atoms. The molecule has 1 aromatic rings. The zero-order valence-electron chi connectivity index (χ0n) is 11.5. The minimum absolute atomic E-state index is 0.509. The van der Waals surface area contributed by atoms with E-state index in [2.05, 4.69) is 37.3 Å². The van der Waals surface area contributed by atoms with Crippen molar-refractivity contribution < 1.29 is 0 Å². The lowest BCUT2D eigenvalue weighted by Crippen LogP contribution is -2.34.